The number of nitrogens with zero attached hydrogens (tertiary/aromatic N) is 1. The largest absolute Gasteiger partial charge is 0.486 e. The zero-order chi connectivity index (χ0) is 16.1. The number of carboxylic acids is 1. The van der Waals surface area contributed by atoms with Gasteiger partial charge in [-0.1, -0.05) is 11.6 Å². The molecule has 0 atom stereocenters. The third kappa shape index (κ3) is 4.33. The molecule has 0 fully saturated rings. The summed E-state index contributed by atoms with van der Waals surface area (Å²) in [6.45, 7) is 1.97. The van der Waals surface area contributed by atoms with Crippen LogP contribution in [-0.2, 0) is 17.8 Å². The molecular formula is C15H15ClN2O4. The molecule has 0 unspecified atom stereocenters. The highest BCUT2D eigenvalue weighted by atomic mass is 35.5. The Morgan fingerprint density at radius 3 is 2.86 bits per heavy atom. The summed E-state index contributed by atoms with van der Waals surface area (Å²) < 4.78 is 5.54. The minimum absolute atomic E-state index is 0.106. The average Bonchev–Trinajstić information content (AvgIpc) is 2.47. The van der Waals surface area contributed by atoms with E-state index in [4.69, 9.17) is 21.4 Å². The minimum atomic E-state index is -0.954. The fourth-order valence-corrected chi connectivity index (χ4v) is 1.93. The van der Waals surface area contributed by atoms with Crippen LogP contribution < -0.4 is 10.3 Å². The summed E-state index contributed by atoms with van der Waals surface area (Å²) in [7, 11) is 0. The molecule has 2 rings (SSSR count). The van der Waals surface area contributed by atoms with Crippen LogP contribution in [0.15, 0.2) is 29.2 Å². The molecule has 7 heteroatoms. The van der Waals surface area contributed by atoms with E-state index in [-0.39, 0.29) is 25.0 Å². The third-order valence-electron chi connectivity index (χ3n) is 3.04. The van der Waals surface area contributed by atoms with Gasteiger partial charge in [0.1, 0.15) is 18.2 Å². The van der Waals surface area contributed by atoms with Crippen molar-refractivity contribution in [1.29, 1.82) is 0 Å². The van der Waals surface area contributed by atoms with Crippen molar-refractivity contribution < 1.29 is 14.6 Å². The van der Waals surface area contributed by atoms with Gasteiger partial charge in [0.2, 0.25) is 0 Å². The molecule has 0 saturated carbocycles. The molecule has 22 heavy (non-hydrogen) atoms. The van der Waals surface area contributed by atoms with E-state index in [1.54, 1.807) is 18.2 Å². The molecule has 1 heterocycles. The van der Waals surface area contributed by atoms with Gasteiger partial charge in [-0.2, -0.15) is 0 Å². The van der Waals surface area contributed by atoms with Crippen LogP contribution in [0.1, 0.15) is 23.4 Å². The van der Waals surface area contributed by atoms with Gasteiger partial charge in [0.05, 0.1) is 0 Å². The number of hydrogen-bond donors (Lipinski definition) is 2. The summed E-state index contributed by atoms with van der Waals surface area (Å²) in [6, 6.07) is 5.26. The van der Waals surface area contributed by atoms with Gasteiger partial charge in [0.25, 0.3) is 5.56 Å². The Morgan fingerprint density at radius 1 is 1.45 bits per heavy atom. The Labute approximate surface area is 131 Å². The topological polar surface area (TPSA) is 92.3 Å². The number of aromatic amines is 1. The number of rotatable bonds is 6. The van der Waals surface area contributed by atoms with Crippen LogP contribution in [0.5, 0.6) is 5.75 Å². The van der Waals surface area contributed by atoms with Crippen LogP contribution in [0.3, 0.4) is 0 Å². The van der Waals surface area contributed by atoms with Crippen molar-refractivity contribution in [3.63, 3.8) is 0 Å². The summed E-state index contributed by atoms with van der Waals surface area (Å²) in [5.74, 6) is 0.0427. The van der Waals surface area contributed by atoms with E-state index in [9.17, 15) is 9.59 Å². The van der Waals surface area contributed by atoms with Crippen LogP contribution in [-0.4, -0.2) is 21.0 Å². The highest BCUT2D eigenvalue weighted by Gasteiger charge is 2.06. The molecule has 116 valence electrons. The SMILES string of the molecule is Cc1cc(OCc2ncc(CCC(=O)O)c(=O)[nH]2)ccc1Cl. The maximum atomic E-state index is 11.8. The molecule has 0 aliphatic heterocycles. The summed E-state index contributed by atoms with van der Waals surface area (Å²) >= 11 is 5.93. The van der Waals surface area contributed by atoms with Gasteiger partial charge in [0, 0.05) is 23.2 Å². The first-order chi connectivity index (χ1) is 10.5. The van der Waals surface area contributed by atoms with Crippen molar-refractivity contribution >= 4 is 17.6 Å². The maximum Gasteiger partial charge on any atom is 0.303 e. The van der Waals surface area contributed by atoms with Crippen molar-refractivity contribution in [3.05, 3.63) is 56.7 Å². The smallest absolute Gasteiger partial charge is 0.303 e. The molecule has 1 aromatic carbocycles. The molecule has 1 aromatic heterocycles. The van der Waals surface area contributed by atoms with Crippen molar-refractivity contribution in [2.45, 2.75) is 26.4 Å². The average molecular weight is 323 g/mol. The van der Waals surface area contributed by atoms with Gasteiger partial charge in [-0.25, -0.2) is 4.98 Å². The lowest BCUT2D eigenvalue weighted by molar-refractivity contribution is -0.136. The van der Waals surface area contributed by atoms with Crippen LogP contribution in [0.25, 0.3) is 0 Å². The third-order valence-corrected chi connectivity index (χ3v) is 3.46. The first kappa shape index (κ1) is 16.0. The van der Waals surface area contributed by atoms with Crippen molar-refractivity contribution in [1.82, 2.24) is 9.97 Å². The number of aryl methyl sites for hydroxylation is 2. The van der Waals surface area contributed by atoms with Gasteiger partial charge >= 0.3 is 5.97 Å². The zero-order valence-corrected chi connectivity index (χ0v) is 12.7. The summed E-state index contributed by atoms with van der Waals surface area (Å²) in [6.07, 6.45) is 1.42. The number of ether oxygens (including phenoxy) is 1. The number of carboxylic acid groups (broad SMARTS) is 1. The molecule has 0 radical (unpaired) electrons. The number of nitrogens with one attached hydrogen (secondary N) is 1. The molecule has 0 bridgehead atoms. The minimum Gasteiger partial charge on any atom is -0.486 e. The van der Waals surface area contributed by atoms with Crippen LogP contribution in [0.2, 0.25) is 5.02 Å². The highest BCUT2D eigenvalue weighted by molar-refractivity contribution is 6.31. The normalized spacial score (nSPS) is 10.5. The lowest BCUT2D eigenvalue weighted by atomic mass is 10.2. The van der Waals surface area contributed by atoms with Crippen LogP contribution in [0, 0.1) is 6.92 Å². The van der Waals surface area contributed by atoms with E-state index >= 15 is 0 Å². The second kappa shape index (κ2) is 7.09. The Morgan fingerprint density at radius 2 is 2.23 bits per heavy atom. The van der Waals surface area contributed by atoms with E-state index in [1.165, 1.54) is 6.20 Å². The molecule has 0 saturated heterocycles. The molecule has 2 aromatic rings. The van der Waals surface area contributed by atoms with E-state index < -0.39 is 5.97 Å². The molecule has 0 aliphatic carbocycles. The molecular weight excluding hydrogens is 308 g/mol. The Bertz CT molecular complexity index is 743. The molecule has 6 nitrogen and oxygen atoms in total. The second-order valence-electron chi connectivity index (χ2n) is 4.78. The number of halogens is 1. The van der Waals surface area contributed by atoms with Crippen molar-refractivity contribution in [2.75, 3.05) is 0 Å². The Kier molecular flexibility index (Phi) is 5.16. The molecule has 0 amide bonds. The number of carbonyl (C=O) groups is 1. The summed E-state index contributed by atoms with van der Waals surface area (Å²) in [4.78, 5) is 29.0. The summed E-state index contributed by atoms with van der Waals surface area (Å²) in [5, 5.41) is 9.26. The van der Waals surface area contributed by atoms with Crippen molar-refractivity contribution in [3.8, 4) is 5.75 Å². The maximum absolute atomic E-state index is 11.8. The Hall–Kier alpha value is -2.34. The fourth-order valence-electron chi connectivity index (χ4n) is 1.81. The fraction of sp³-hybridized carbons (Fsp3) is 0.267. The number of benzene rings is 1. The van der Waals surface area contributed by atoms with Crippen LogP contribution in [0.4, 0.5) is 0 Å². The highest BCUT2D eigenvalue weighted by Crippen LogP contribution is 2.21. The first-order valence-electron chi connectivity index (χ1n) is 6.63. The first-order valence-corrected chi connectivity index (χ1v) is 7.01. The quantitative estimate of drug-likeness (QED) is 0.851. The molecule has 2 N–H and O–H groups in total. The number of hydrogen-bond acceptors (Lipinski definition) is 4. The lowest BCUT2D eigenvalue weighted by Crippen LogP contribution is -2.18. The van der Waals surface area contributed by atoms with E-state index in [0.717, 1.165) is 5.56 Å². The van der Waals surface area contributed by atoms with Gasteiger partial charge in [-0.05, 0) is 37.1 Å². The van der Waals surface area contributed by atoms with Crippen molar-refractivity contribution in [2.24, 2.45) is 0 Å². The zero-order valence-electron chi connectivity index (χ0n) is 11.9. The predicted octanol–water partition coefficient (Wildman–Crippen LogP) is 2.33. The van der Waals surface area contributed by atoms with Gasteiger partial charge in [-0.3, -0.25) is 9.59 Å². The number of aliphatic carboxylic acids is 1. The number of aromatic nitrogens is 2. The predicted molar refractivity (Wildman–Crippen MR) is 81.3 cm³/mol. The van der Waals surface area contributed by atoms with Gasteiger partial charge < -0.3 is 14.8 Å². The van der Waals surface area contributed by atoms with E-state index in [0.29, 0.717) is 22.2 Å². The monoisotopic (exact) mass is 322 g/mol. The van der Waals surface area contributed by atoms with E-state index in [1.807, 2.05) is 6.92 Å². The second-order valence-corrected chi connectivity index (χ2v) is 5.18. The van der Waals surface area contributed by atoms with E-state index in [2.05, 4.69) is 9.97 Å². The molecule has 0 spiro atoms. The van der Waals surface area contributed by atoms with Gasteiger partial charge in [0.15, 0.2) is 0 Å². The van der Waals surface area contributed by atoms with Crippen LogP contribution >= 0.6 is 11.6 Å². The lowest BCUT2D eigenvalue weighted by Gasteiger charge is -2.07. The number of H-pyrrole nitrogens is 1. The summed E-state index contributed by atoms with van der Waals surface area (Å²) in [5.41, 5.74) is 0.889. The molecule has 0 aliphatic rings. The standard InChI is InChI=1S/C15H15ClN2O4/c1-9-6-11(3-4-12(9)16)22-8-13-17-7-10(15(21)18-13)2-5-14(19)20/h3-4,6-7H,2,5,8H2,1H3,(H,19,20)(H,17,18,21). The van der Waals surface area contributed by atoms with Gasteiger partial charge in [-0.15, -0.1) is 0 Å². The Balaban J connectivity index is 2.01.